The van der Waals surface area contributed by atoms with E-state index in [0.29, 0.717) is 35.2 Å². The zero-order chi connectivity index (χ0) is 27.7. The van der Waals surface area contributed by atoms with Crippen molar-refractivity contribution >= 4 is 21.7 Å². The van der Waals surface area contributed by atoms with Gasteiger partial charge < -0.3 is 15.1 Å². The van der Waals surface area contributed by atoms with Crippen molar-refractivity contribution in [3.8, 4) is 16.9 Å². The van der Waals surface area contributed by atoms with Crippen LogP contribution in [0, 0.1) is 11.7 Å². The number of halogens is 1. The number of aliphatic hydroxyl groups excluding tert-OH is 1. The molecular formula is C30H26FNO6S. The van der Waals surface area contributed by atoms with Crippen molar-refractivity contribution in [1.29, 1.82) is 0 Å². The Morgan fingerprint density at radius 1 is 0.872 bits per heavy atom. The lowest BCUT2D eigenvalue weighted by Gasteiger charge is -2.48. The maximum absolute atomic E-state index is 14.0. The van der Waals surface area contributed by atoms with E-state index in [4.69, 9.17) is 0 Å². The molecule has 0 spiro atoms. The molecule has 0 saturated carbocycles. The number of aliphatic hydroxyl groups is 1. The van der Waals surface area contributed by atoms with Gasteiger partial charge in [-0.15, -0.1) is 0 Å². The summed E-state index contributed by atoms with van der Waals surface area (Å²) in [5, 5.41) is 21.7. The van der Waals surface area contributed by atoms with Gasteiger partial charge in [-0.1, -0.05) is 60.7 Å². The Hall–Kier alpha value is -4.05. The van der Waals surface area contributed by atoms with Gasteiger partial charge in [0.05, 0.1) is 23.0 Å². The lowest BCUT2D eigenvalue weighted by Crippen LogP contribution is -2.55. The Morgan fingerprint density at radius 3 is 2.28 bits per heavy atom. The molecule has 0 aliphatic carbocycles. The molecule has 200 valence electrons. The molecule has 3 atom stereocenters. The monoisotopic (exact) mass is 547 g/mol. The van der Waals surface area contributed by atoms with E-state index in [-0.39, 0.29) is 16.6 Å². The summed E-state index contributed by atoms with van der Waals surface area (Å²) in [6.45, 7) is 0. The van der Waals surface area contributed by atoms with Gasteiger partial charge in [0, 0.05) is 11.3 Å². The number of hydrogen-bond donors (Lipinski definition) is 3. The van der Waals surface area contributed by atoms with Crippen molar-refractivity contribution in [2.75, 3.05) is 4.90 Å². The molecule has 39 heavy (non-hydrogen) atoms. The van der Waals surface area contributed by atoms with Crippen molar-refractivity contribution in [3.63, 3.8) is 0 Å². The minimum Gasteiger partial charge on any atom is -0.508 e. The van der Waals surface area contributed by atoms with Gasteiger partial charge in [0.1, 0.15) is 11.6 Å². The summed E-state index contributed by atoms with van der Waals surface area (Å²) in [4.78, 5) is 14.5. The number of phenols is 1. The lowest BCUT2D eigenvalue weighted by molar-refractivity contribution is -0.131. The molecular weight excluding hydrogens is 521 g/mol. The van der Waals surface area contributed by atoms with Crippen molar-refractivity contribution in [3.05, 3.63) is 114 Å². The molecule has 1 amide bonds. The molecule has 1 aliphatic heterocycles. The fourth-order valence-electron chi connectivity index (χ4n) is 5.09. The zero-order valence-electron chi connectivity index (χ0n) is 20.7. The molecule has 1 heterocycles. The Bertz CT molecular complexity index is 1630. The van der Waals surface area contributed by atoms with Crippen LogP contribution in [0.2, 0.25) is 0 Å². The fourth-order valence-corrected chi connectivity index (χ4v) is 5.61. The second-order valence-corrected chi connectivity index (χ2v) is 10.9. The number of amides is 1. The van der Waals surface area contributed by atoms with Crippen LogP contribution in [-0.4, -0.2) is 29.1 Å². The Kier molecular flexibility index (Phi) is 7.22. The highest BCUT2D eigenvalue weighted by Crippen LogP contribution is 2.49. The minimum atomic E-state index is -4.41. The molecule has 4 aromatic rings. The summed E-state index contributed by atoms with van der Waals surface area (Å²) in [5.41, 5.74) is 2.49. The summed E-state index contributed by atoms with van der Waals surface area (Å²) in [6.07, 6.45) is -0.119. The summed E-state index contributed by atoms with van der Waals surface area (Å²) >= 11 is 0. The standard InChI is InChI=1S/C30H26FNO6S/c31-22-9-5-10-23(18-22)32-29(26(30(32)35)14-15-27(33)19-6-2-1-3-7-19)25-13-12-21(17-28(25)34)20-8-4-11-24(16-20)39(36,37)38/h1-13,16-18,26-27,29,33-34H,14-15H2,(H,36,37,38). The molecule has 5 rings (SSSR count). The third-order valence-corrected chi connectivity index (χ3v) is 7.90. The van der Waals surface area contributed by atoms with Gasteiger partial charge in [0.15, 0.2) is 0 Å². The average Bonchev–Trinajstić information content (AvgIpc) is 2.92. The van der Waals surface area contributed by atoms with Crippen LogP contribution in [0.15, 0.2) is 102 Å². The second-order valence-electron chi connectivity index (χ2n) is 9.52. The number of aromatic hydroxyl groups is 1. The number of nitrogens with zero attached hydrogens (tertiary/aromatic N) is 1. The van der Waals surface area contributed by atoms with Crippen LogP contribution in [0.5, 0.6) is 5.75 Å². The van der Waals surface area contributed by atoms with Crippen LogP contribution in [0.25, 0.3) is 11.1 Å². The van der Waals surface area contributed by atoms with E-state index >= 15 is 0 Å². The summed E-state index contributed by atoms with van der Waals surface area (Å²) in [6, 6.07) is 24.6. The van der Waals surface area contributed by atoms with E-state index in [1.165, 1.54) is 47.4 Å². The predicted octanol–water partition coefficient (Wildman–Crippen LogP) is 5.66. The van der Waals surface area contributed by atoms with E-state index < -0.39 is 34.0 Å². The van der Waals surface area contributed by atoms with Crippen LogP contribution >= 0.6 is 0 Å². The Morgan fingerprint density at radius 2 is 1.59 bits per heavy atom. The number of anilines is 1. The number of benzene rings is 4. The fraction of sp³-hybridized carbons (Fsp3) is 0.167. The number of phenolic OH excluding ortho intramolecular Hbond substituents is 1. The van der Waals surface area contributed by atoms with Gasteiger partial charge in [-0.2, -0.15) is 8.42 Å². The van der Waals surface area contributed by atoms with Crippen LogP contribution in [0.3, 0.4) is 0 Å². The van der Waals surface area contributed by atoms with Crippen LogP contribution in [-0.2, 0) is 14.9 Å². The van der Waals surface area contributed by atoms with E-state index in [1.54, 1.807) is 24.3 Å². The Labute approximate surface area is 225 Å². The number of hydrogen-bond acceptors (Lipinski definition) is 5. The van der Waals surface area contributed by atoms with Crippen molar-refractivity contribution in [1.82, 2.24) is 0 Å². The largest absolute Gasteiger partial charge is 0.508 e. The normalized spacial score (nSPS) is 18.0. The van der Waals surface area contributed by atoms with E-state index in [1.807, 2.05) is 30.3 Å². The first-order valence-corrected chi connectivity index (χ1v) is 13.8. The lowest BCUT2D eigenvalue weighted by atomic mass is 9.77. The highest BCUT2D eigenvalue weighted by Gasteiger charge is 2.49. The molecule has 7 nitrogen and oxygen atoms in total. The molecule has 1 aliphatic rings. The molecule has 9 heteroatoms. The molecule has 0 aromatic heterocycles. The molecule has 3 unspecified atom stereocenters. The van der Waals surface area contributed by atoms with Gasteiger partial charge in [0.2, 0.25) is 5.91 Å². The van der Waals surface area contributed by atoms with Gasteiger partial charge in [-0.3, -0.25) is 9.35 Å². The van der Waals surface area contributed by atoms with Crippen molar-refractivity contribution in [2.45, 2.75) is 29.9 Å². The molecule has 0 bridgehead atoms. The summed E-state index contributed by atoms with van der Waals surface area (Å²) < 4.78 is 46.5. The number of carbonyl (C=O) groups excluding carboxylic acids is 1. The van der Waals surface area contributed by atoms with E-state index in [9.17, 15) is 32.4 Å². The first-order valence-electron chi connectivity index (χ1n) is 12.4. The number of rotatable bonds is 8. The molecule has 3 N–H and O–H groups in total. The maximum atomic E-state index is 14.0. The number of β-lactam (4-membered cyclic amide) rings is 1. The third kappa shape index (κ3) is 5.42. The first-order chi connectivity index (χ1) is 18.6. The molecule has 4 aromatic carbocycles. The van der Waals surface area contributed by atoms with E-state index in [0.717, 1.165) is 5.56 Å². The highest BCUT2D eigenvalue weighted by atomic mass is 32.2. The summed E-state index contributed by atoms with van der Waals surface area (Å²) in [5.74, 6) is -1.43. The van der Waals surface area contributed by atoms with Crippen molar-refractivity contribution in [2.24, 2.45) is 5.92 Å². The maximum Gasteiger partial charge on any atom is 0.294 e. The predicted molar refractivity (Wildman–Crippen MR) is 144 cm³/mol. The van der Waals surface area contributed by atoms with Gasteiger partial charge >= 0.3 is 0 Å². The van der Waals surface area contributed by atoms with Gasteiger partial charge in [0.25, 0.3) is 10.1 Å². The Balaban J connectivity index is 1.47. The van der Waals surface area contributed by atoms with Gasteiger partial charge in [-0.25, -0.2) is 4.39 Å². The molecule has 0 radical (unpaired) electrons. The molecule has 1 fully saturated rings. The van der Waals surface area contributed by atoms with Crippen molar-refractivity contribution < 1.29 is 32.4 Å². The van der Waals surface area contributed by atoms with Gasteiger partial charge in [-0.05, 0) is 65.9 Å². The minimum absolute atomic E-state index is 0.128. The number of carbonyl (C=O) groups is 1. The second kappa shape index (κ2) is 10.6. The smallest absolute Gasteiger partial charge is 0.294 e. The van der Waals surface area contributed by atoms with Crippen LogP contribution in [0.1, 0.15) is 36.1 Å². The topological polar surface area (TPSA) is 115 Å². The average molecular weight is 548 g/mol. The van der Waals surface area contributed by atoms with Crippen LogP contribution < -0.4 is 4.90 Å². The third-order valence-electron chi connectivity index (χ3n) is 7.05. The quantitative estimate of drug-likeness (QED) is 0.194. The van der Waals surface area contributed by atoms with E-state index in [2.05, 4.69) is 0 Å². The SMILES string of the molecule is O=C1C(CCC(O)c2ccccc2)C(c2ccc(-c3cccc(S(=O)(=O)O)c3)cc2O)N1c1cccc(F)c1. The highest BCUT2D eigenvalue weighted by molar-refractivity contribution is 7.85. The van der Waals surface area contributed by atoms with Crippen LogP contribution in [0.4, 0.5) is 10.1 Å². The zero-order valence-corrected chi connectivity index (χ0v) is 21.5. The molecule has 1 saturated heterocycles. The summed E-state index contributed by atoms with van der Waals surface area (Å²) in [7, 11) is -4.41. The first kappa shape index (κ1) is 26.6.